The van der Waals surface area contributed by atoms with Crippen LogP contribution < -0.4 is 0 Å². The maximum atomic E-state index is 12.7. The van der Waals surface area contributed by atoms with E-state index < -0.39 is 94.2 Å². The van der Waals surface area contributed by atoms with Gasteiger partial charge in [-0.25, -0.2) is 0 Å². The van der Waals surface area contributed by atoms with E-state index in [9.17, 15) is 10.1 Å². The molecule has 0 saturated carbocycles. The molecular formula is C42H27N3O2. The van der Waals surface area contributed by atoms with Crippen molar-refractivity contribution in [1.82, 2.24) is 9.13 Å². The standard InChI is InChI=1S/C42H27N3O2/c46-45(47)30-26-34(28-14-3-1-4-15-28)42(35(27-30)29-16-5-2-6-17-29)44-38-23-12-9-20-33(38)41-39(24-13-25-40(41)44)43-36-21-10-7-18-31(36)32-19-8-11-22-37(32)43/h1-27H/i1D,2D,3D,4D,5D,6D,7D,10D,14D,15D,16D,17D,18D,21D. The highest BCUT2D eigenvalue weighted by Gasteiger charge is 2.25. The molecule has 0 radical (unpaired) electrons. The summed E-state index contributed by atoms with van der Waals surface area (Å²) in [4.78, 5) is 12.0. The third-order valence-corrected chi connectivity index (χ3v) is 8.29. The first-order valence-corrected chi connectivity index (χ1v) is 14.5. The van der Waals surface area contributed by atoms with Gasteiger partial charge in [0, 0.05) is 44.8 Å². The topological polar surface area (TPSA) is 53.0 Å². The minimum absolute atomic E-state index is 0.102. The van der Waals surface area contributed by atoms with E-state index in [0.29, 0.717) is 38.4 Å². The highest BCUT2D eigenvalue weighted by molar-refractivity contribution is 6.17. The minimum atomic E-state index is -0.782. The van der Waals surface area contributed by atoms with Crippen LogP contribution in [0.2, 0.25) is 0 Å². The zero-order chi connectivity index (χ0) is 43.7. The van der Waals surface area contributed by atoms with Gasteiger partial charge in [0.2, 0.25) is 0 Å². The van der Waals surface area contributed by atoms with Crippen molar-refractivity contribution in [2.75, 3.05) is 0 Å². The number of rotatable bonds is 5. The third kappa shape index (κ3) is 4.10. The summed E-state index contributed by atoms with van der Waals surface area (Å²) in [6, 6.07) is 12.6. The lowest BCUT2D eigenvalue weighted by Gasteiger charge is -2.19. The van der Waals surface area contributed by atoms with Gasteiger partial charge < -0.3 is 9.13 Å². The van der Waals surface area contributed by atoms with Crippen molar-refractivity contribution in [3.63, 3.8) is 0 Å². The molecule has 9 aromatic rings. The summed E-state index contributed by atoms with van der Waals surface area (Å²) in [7, 11) is 0. The number of hydrogen-bond donors (Lipinski definition) is 0. The highest BCUT2D eigenvalue weighted by Crippen LogP contribution is 2.45. The van der Waals surface area contributed by atoms with Gasteiger partial charge in [0.1, 0.15) is 0 Å². The number of para-hydroxylation sites is 3. The molecule has 47 heavy (non-hydrogen) atoms. The lowest BCUT2D eigenvalue weighted by atomic mass is 9.94. The monoisotopic (exact) mass is 619 g/mol. The van der Waals surface area contributed by atoms with Crippen molar-refractivity contribution < 1.29 is 24.1 Å². The van der Waals surface area contributed by atoms with E-state index in [1.807, 2.05) is 0 Å². The van der Waals surface area contributed by atoms with Gasteiger partial charge >= 0.3 is 0 Å². The van der Waals surface area contributed by atoms with Crippen molar-refractivity contribution in [3.05, 3.63) is 174 Å². The summed E-state index contributed by atoms with van der Waals surface area (Å²) >= 11 is 0. The van der Waals surface area contributed by atoms with Crippen LogP contribution in [0.1, 0.15) is 19.2 Å². The van der Waals surface area contributed by atoms with Gasteiger partial charge in [0.05, 0.1) is 57.6 Å². The van der Waals surface area contributed by atoms with Crippen LogP contribution in [0.5, 0.6) is 0 Å². The summed E-state index contributed by atoms with van der Waals surface area (Å²) in [5.41, 5.74) is -0.278. The van der Waals surface area contributed by atoms with Crippen molar-refractivity contribution in [1.29, 1.82) is 0 Å². The summed E-state index contributed by atoms with van der Waals surface area (Å²) in [5.74, 6) is 0. The number of aromatic nitrogens is 2. The first-order valence-electron chi connectivity index (χ1n) is 21.5. The fourth-order valence-electron chi connectivity index (χ4n) is 6.46. The lowest BCUT2D eigenvalue weighted by molar-refractivity contribution is -0.384. The van der Waals surface area contributed by atoms with E-state index in [-0.39, 0.29) is 39.8 Å². The van der Waals surface area contributed by atoms with Crippen molar-refractivity contribution in [2.24, 2.45) is 0 Å². The van der Waals surface area contributed by atoms with E-state index in [1.165, 1.54) is 0 Å². The number of hydrogen-bond acceptors (Lipinski definition) is 2. The SMILES string of the molecule is [2H]c1c([2H])c([2H])c(-c2cc([N+](=O)[O-])cc(-c3c([2H])c([2H])c([2H])c([2H])c3[2H])c2-n2c3ccccc3c3c(-n4c5ccccc5c5c([2H])c([2H])c([2H])c([2H])c54)cccc32)c([2H])c1[2H]. The molecule has 0 aliphatic rings. The van der Waals surface area contributed by atoms with Crippen molar-refractivity contribution in [3.8, 4) is 33.6 Å². The van der Waals surface area contributed by atoms with Gasteiger partial charge in [-0.3, -0.25) is 10.1 Å². The molecule has 5 nitrogen and oxygen atoms in total. The van der Waals surface area contributed by atoms with E-state index >= 15 is 0 Å². The second-order valence-electron chi connectivity index (χ2n) is 10.7. The van der Waals surface area contributed by atoms with Gasteiger partial charge in [0.25, 0.3) is 5.69 Å². The Hall–Kier alpha value is -6.46. The van der Waals surface area contributed by atoms with Gasteiger partial charge in [-0.05, 0) is 41.4 Å². The molecule has 0 N–H and O–H groups in total. The lowest BCUT2D eigenvalue weighted by Crippen LogP contribution is -2.03. The van der Waals surface area contributed by atoms with Crippen LogP contribution in [0, 0.1) is 10.1 Å². The Morgan fingerprint density at radius 1 is 0.532 bits per heavy atom. The maximum absolute atomic E-state index is 12.7. The molecule has 0 saturated heterocycles. The highest BCUT2D eigenvalue weighted by atomic mass is 16.6. The zero-order valence-corrected chi connectivity index (χ0v) is 24.2. The van der Waals surface area contributed by atoms with Crippen LogP contribution in [-0.4, -0.2) is 14.1 Å². The quantitative estimate of drug-likeness (QED) is 0.142. The average molecular weight is 620 g/mol. The summed E-state index contributed by atoms with van der Waals surface area (Å²) < 4.78 is 125. The van der Waals surface area contributed by atoms with Gasteiger partial charge in [-0.15, -0.1) is 0 Å². The Kier molecular flexibility index (Phi) is 3.64. The second kappa shape index (κ2) is 10.6. The molecule has 0 aliphatic heterocycles. The van der Waals surface area contributed by atoms with E-state index in [4.69, 9.17) is 19.2 Å². The normalized spacial score (nSPS) is 15.7. The number of nitro groups is 1. The molecule has 0 atom stereocenters. The number of non-ortho nitro benzene ring substituents is 1. The van der Waals surface area contributed by atoms with Crippen molar-refractivity contribution >= 4 is 49.3 Å². The molecule has 9 rings (SSSR count). The smallest absolute Gasteiger partial charge is 0.270 e. The number of benzene rings is 7. The molecule has 0 fully saturated rings. The maximum Gasteiger partial charge on any atom is 0.270 e. The molecule has 0 bridgehead atoms. The van der Waals surface area contributed by atoms with Crippen LogP contribution in [-0.2, 0) is 0 Å². The first kappa shape index (κ1) is 16.2. The second-order valence-corrected chi connectivity index (χ2v) is 10.7. The molecular weight excluding hydrogens is 578 g/mol. The summed E-state index contributed by atoms with van der Waals surface area (Å²) in [6.07, 6.45) is 0. The van der Waals surface area contributed by atoms with Gasteiger partial charge in [-0.2, -0.15) is 0 Å². The molecule has 0 aliphatic carbocycles. The molecule has 5 heteroatoms. The van der Waals surface area contributed by atoms with E-state index in [0.717, 1.165) is 12.1 Å². The number of nitro benzene ring substituents is 1. The predicted molar refractivity (Wildman–Crippen MR) is 193 cm³/mol. The third-order valence-electron chi connectivity index (χ3n) is 8.29. The summed E-state index contributed by atoms with van der Waals surface area (Å²) in [6.45, 7) is 0. The fourth-order valence-corrected chi connectivity index (χ4v) is 6.46. The van der Waals surface area contributed by atoms with Crippen LogP contribution in [0.3, 0.4) is 0 Å². The molecule has 0 unspecified atom stereocenters. The molecule has 2 heterocycles. The van der Waals surface area contributed by atoms with E-state index in [1.54, 1.807) is 75.9 Å². The molecule has 0 amide bonds. The summed E-state index contributed by atoms with van der Waals surface area (Å²) in [5, 5.41) is 14.6. The largest absolute Gasteiger partial charge is 0.309 e. The Balaban J connectivity index is 1.55. The zero-order valence-electron chi connectivity index (χ0n) is 38.2. The number of nitrogens with zero attached hydrogens (tertiary/aromatic N) is 3. The Morgan fingerprint density at radius 3 is 1.74 bits per heavy atom. The van der Waals surface area contributed by atoms with Gasteiger partial charge in [0.15, 0.2) is 0 Å². The Morgan fingerprint density at radius 2 is 1.09 bits per heavy atom. The van der Waals surface area contributed by atoms with Crippen LogP contribution in [0.4, 0.5) is 5.69 Å². The average Bonchev–Trinajstić information content (AvgIpc) is 3.78. The van der Waals surface area contributed by atoms with Gasteiger partial charge in [-0.1, -0.05) is 121 Å². The van der Waals surface area contributed by atoms with E-state index in [2.05, 4.69) is 0 Å². The first-order chi connectivity index (χ1) is 29.0. The minimum Gasteiger partial charge on any atom is -0.309 e. The van der Waals surface area contributed by atoms with Crippen LogP contribution in [0.25, 0.3) is 77.2 Å². The number of fused-ring (bicyclic) bond motifs is 6. The molecule has 2 aromatic heterocycles. The Bertz CT molecular complexity index is 3320. The molecule has 222 valence electrons. The van der Waals surface area contributed by atoms with Crippen LogP contribution >= 0.6 is 0 Å². The molecule has 7 aromatic carbocycles. The fraction of sp³-hybridized carbons (Fsp3) is 0. The van der Waals surface area contributed by atoms with Crippen LogP contribution in [0.15, 0.2) is 163 Å². The van der Waals surface area contributed by atoms with Crippen molar-refractivity contribution in [2.45, 2.75) is 0 Å². The predicted octanol–water partition coefficient (Wildman–Crippen LogP) is 11.1. The molecule has 0 spiro atoms. The Labute approximate surface area is 290 Å².